The molecular weight excluding hydrogens is 1530 g/mol. The molecule has 5 radical (unpaired) electrons. The van der Waals surface area contributed by atoms with Crippen LogP contribution in [0.1, 0.15) is 206 Å². The number of unbranched alkanes of at least 4 members (excludes halogenated alkanes) is 24. The van der Waals surface area contributed by atoms with Crippen molar-refractivity contribution >= 4 is 60.8 Å². The van der Waals surface area contributed by atoms with E-state index in [9.17, 15) is 27.9 Å². The molecule has 0 heterocycles. The second-order valence-electron chi connectivity index (χ2n) is 19.4. The standard InChI is InChI=1S/2C22H49N2O4P.FHN20.FN14.2Sn/c2*1-3-4-5-6-7-8-9-10-11-12-13-14-18-23-20-17-21-24-19-15-16-22-28-29(25,26)27-2;1-3-5-7-9-11-13-15-17-19-21-20-18-16-14-12-10-8-6-4-2;1-3-5-7-9-11-13-15-14-12-10-8-6-4-2;;/h2*23-24H,3-22H2,1-2H3,(H,25,26);(H,3,4,7,8,11,12,15,16,19,20);;;/q;;;-1;;+1/p+2/b;;;5-3?,8-6+,9-7+,12-10+,13-11+,15-14+;;. The fourth-order valence-electron chi connectivity index (χ4n) is 7.43. The van der Waals surface area contributed by atoms with Gasteiger partial charge >= 0.3 is 167 Å². The Hall–Kier alpha value is -5.28. The third kappa shape index (κ3) is 99.8. The van der Waals surface area contributed by atoms with E-state index in [-0.39, 0.29) is 13.2 Å². The molecule has 0 saturated carbocycles. The Labute approximate surface area is 585 Å². The molecule has 0 fully saturated rings. The summed E-state index contributed by atoms with van der Waals surface area (Å²) in [6, 6.07) is 0. The summed E-state index contributed by atoms with van der Waals surface area (Å²) in [6.45, 7) is 14.3. The molecular formula is C44H101F2N38O8P2Sn2+2. The van der Waals surface area contributed by atoms with Crippen molar-refractivity contribution in [2.45, 2.75) is 206 Å². The maximum atomic E-state index is 11.0. The zero-order valence-corrected chi connectivity index (χ0v) is 63.3. The van der Waals surface area contributed by atoms with Gasteiger partial charge in [-0.1, -0.05) is 151 Å². The molecule has 2 unspecified atom stereocenters. The molecule has 46 nitrogen and oxygen atoms in total. The third-order valence-electron chi connectivity index (χ3n) is 12.0. The summed E-state index contributed by atoms with van der Waals surface area (Å²) in [7, 11) is -5.82. The van der Waals surface area contributed by atoms with Crippen LogP contribution in [0, 0.1) is 0 Å². The van der Waals surface area contributed by atoms with E-state index in [1.54, 1.807) is 10.7 Å². The number of quaternary nitrogens is 4. The number of rotatable bonds is 64. The van der Waals surface area contributed by atoms with Crippen LogP contribution in [0.3, 0.4) is 0 Å². The van der Waals surface area contributed by atoms with Gasteiger partial charge in [0.2, 0.25) is 0 Å². The number of nitrogens with zero attached hydrogens (tertiary/aromatic N) is 33. The molecule has 0 amide bonds. The van der Waals surface area contributed by atoms with Gasteiger partial charge in [0.1, 0.15) is 0 Å². The Kier molecular flexibility index (Phi) is 90.7. The van der Waals surface area contributed by atoms with Crippen molar-refractivity contribution in [3.05, 3.63) is 0 Å². The average molecular weight is 1630 g/mol. The van der Waals surface area contributed by atoms with Crippen molar-refractivity contribution in [3.8, 4) is 0 Å². The zero-order chi connectivity index (χ0) is 71.0. The predicted octanol–water partition coefficient (Wildman–Crippen LogP) is 11.9. The van der Waals surface area contributed by atoms with E-state index in [0.717, 1.165) is 111 Å². The number of nitrogens with one attached hydrogen (secondary N) is 1. The molecule has 0 spiro atoms. The molecule has 0 aliphatic carbocycles. The molecule has 0 aromatic carbocycles. The van der Waals surface area contributed by atoms with Gasteiger partial charge in [-0.15, -0.1) is 0 Å². The molecule has 0 aromatic rings. The summed E-state index contributed by atoms with van der Waals surface area (Å²) in [6.07, 6.45) is 39.8. The first-order chi connectivity index (χ1) is 47.1. The van der Waals surface area contributed by atoms with Crippen molar-refractivity contribution in [1.82, 2.24) is 5.53 Å². The van der Waals surface area contributed by atoms with Gasteiger partial charge in [0, 0.05) is 79.5 Å². The number of phosphoric ester groups is 2. The second kappa shape index (κ2) is 89.7. The van der Waals surface area contributed by atoms with E-state index in [4.69, 9.17) is 0 Å². The summed E-state index contributed by atoms with van der Waals surface area (Å²) < 4.78 is 68.5. The van der Waals surface area contributed by atoms with Crippen LogP contribution in [-0.4, -0.2) is 125 Å². The minimum atomic E-state index is -4.03. The van der Waals surface area contributed by atoms with Crippen molar-refractivity contribution in [2.75, 3.05) is 79.8 Å². The first-order valence-electron chi connectivity index (χ1n) is 31.8. The van der Waals surface area contributed by atoms with Gasteiger partial charge < -0.3 is 49.1 Å². The Balaban J connectivity index is -0.000000601. The van der Waals surface area contributed by atoms with Crippen LogP contribution in [0.4, 0.5) is 8.96 Å². The molecule has 0 saturated heterocycles. The number of phosphoric acid groups is 2. The maximum absolute atomic E-state index is 11.0. The Morgan fingerprint density at radius 1 is 0.333 bits per heavy atom. The first kappa shape index (κ1) is 97.1. The molecule has 96 heavy (non-hydrogen) atoms. The predicted molar refractivity (Wildman–Crippen MR) is 335 cm³/mol. The number of hydrogen-bond donors (Lipinski definition) is 5. The number of hydrogen-bond acceptors (Lipinski definition) is 13. The van der Waals surface area contributed by atoms with Crippen molar-refractivity contribution in [1.29, 1.82) is 0 Å². The van der Waals surface area contributed by atoms with Crippen molar-refractivity contribution in [2.24, 2.45) is 169 Å². The van der Waals surface area contributed by atoms with Gasteiger partial charge in [-0.2, -0.15) is 0 Å². The quantitative estimate of drug-likeness (QED) is 0.0127. The van der Waals surface area contributed by atoms with E-state index >= 15 is 0 Å². The number of halogens is 2. The molecule has 52 heteroatoms. The van der Waals surface area contributed by atoms with Gasteiger partial charge in [0.25, 0.3) is 15.6 Å². The fraction of sp³-hybridized carbons (Fsp3) is 1.00. The SMILES string of the molecule is CCCCCCCCCCCCCC[NH2+]CCC[NH2+]CCCCOP(=O)([O-])OC.CCCCCCCCCCCCCC[NH2+]CCC[NH2+]CCCCOP(=O)([O-])OC.FN=N/N=N/N=N/N=N/N=N/N=N/N=[N][Sn].FN=NN=NN=NN=NN=NN=NN=NN=NN=NN[N]=[Sn]. The monoisotopic (exact) mass is 1630 g/mol. The molecule has 545 valence electrons. The van der Waals surface area contributed by atoms with E-state index in [1.165, 1.54) is 193 Å². The van der Waals surface area contributed by atoms with Gasteiger partial charge in [-0.25, -0.2) is 0 Å². The topological polar surface area (TPSA) is 604 Å². The Bertz CT molecular complexity index is 2190. The van der Waals surface area contributed by atoms with Gasteiger partial charge in [0.05, 0.1) is 65.6 Å². The van der Waals surface area contributed by atoms with Gasteiger partial charge in [-0.05, 0) is 51.4 Å². The zero-order valence-electron chi connectivity index (χ0n) is 55.8. The molecule has 0 aliphatic rings. The summed E-state index contributed by atoms with van der Waals surface area (Å²) >= 11 is 1.69. The van der Waals surface area contributed by atoms with Gasteiger partial charge in [0.15, 0.2) is 0 Å². The number of nitrogens with two attached hydrogens (primary N) is 4. The van der Waals surface area contributed by atoms with E-state index in [0.29, 0.717) is 0 Å². The fourth-order valence-corrected chi connectivity index (χ4v) is 8.59. The van der Waals surface area contributed by atoms with E-state index < -0.39 is 15.6 Å². The molecule has 0 bridgehead atoms. The minimum absolute atomic E-state index is 0.218. The average Bonchev–Trinajstić information content (AvgIpc) is 3.38. The second-order valence-corrected chi connectivity index (χ2v) is 23.6. The molecule has 2 atom stereocenters. The third-order valence-corrected chi connectivity index (χ3v) is 14.4. The molecule has 0 aliphatic heterocycles. The van der Waals surface area contributed by atoms with Crippen LogP contribution in [-0.2, 0) is 27.2 Å². The van der Waals surface area contributed by atoms with Crippen LogP contribution in [0.25, 0.3) is 0 Å². The Morgan fingerprint density at radius 2 is 0.552 bits per heavy atom. The van der Waals surface area contributed by atoms with E-state index in [2.05, 4.69) is 217 Å². The van der Waals surface area contributed by atoms with Crippen LogP contribution in [0.5, 0.6) is 0 Å². The Morgan fingerprint density at radius 3 is 0.792 bits per heavy atom. The summed E-state index contributed by atoms with van der Waals surface area (Å²) in [5, 5.41) is 97.7. The van der Waals surface area contributed by atoms with Crippen LogP contribution < -0.4 is 36.6 Å². The first-order valence-corrected chi connectivity index (χ1v) is 37.2. The summed E-state index contributed by atoms with van der Waals surface area (Å²) in [5.41, 5.74) is 2.16. The molecule has 0 rings (SSSR count). The summed E-state index contributed by atoms with van der Waals surface area (Å²) in [4.78, 5) is 22.0. The van der Waals surface area contributed by atoms with Crippen molar-refractivity contribution < 1.29 is 67.2 Å². The normalized spacial score (nSPS) is 13.8. The van der Waals surface area contributed by atoms with Crippen LogP contribution in [0.2, 0.25) is 0 Å². The van der Waals surface area contributed by atoms with E-state index in [1.807, 2.05) is 0 Å². The van der Waals surface area contributed by atoms with Crippen molar-refractivity contribution in [3.63, 3.8) is 0 Å². The van der Waals surface area contributed by atoms with Crippen LogP contribution >= 0.6 is 15.6 Å². The molecule has 9 N–H and O–H groups in total. The van der Waals surface area contributed by atoms with Gasteiger partial charge in [-0.3, -0.25) is 9.13 Å². The summed E-state index contributed by atoms with van der Waals surface area (Å²) in [5.74, 6) is 0. The molecule has 0 aromatic heterocycles. The van der Waals surface area contributed by atoms with Crippen LogP contribution in [0.15, 0.2) is 169 Å².